The van der Waals surface area contributed by atoms with Crippen molar-refractivity contribution in [3.8, 4) is 5.75 Å². The molecule has 2 saturated heterocycles. The number of amides is 1. The fourth-order valence-corrected chi connectivity index (χ4v) is 6.36. The predicted molar refractivity (Wildman–Crippen MR) is 132 cm³/mol. The van der Waals surface area contributed by atoms with Gasteiger partial charge in [-0.3, -0.25) is 4.79 Å². The van der Waals surface area contributed by atoms with Crippen molar-refractivity contribution < 1.29 is 17.9 Å². The molecule has 2 aliphatic rings. The number of carbonyl (C=O) groups excluding carboxylic acids is 1. The average Bonchev–Trinajstić information content (AvgIpc) is 3.30. The van der Waals surface area contributed by atoms with Crippen molar-refractivity contribution in [1.82, 2.24) is 14.9 Å². The molecule has 0 radical (unpaired) electrons. The third kappa shape index (κ3) is 5.83. The minimum Gasteiger partial charge on any atom is -0.488 e. The molecule has 1 atom stereocenters. The number of halogens is 3. The molecule has 0 aliphatic carbocycles. The number of hydrogen-bond donors (Lipinski definition) is 2. The molecule has 1 amide bonds. The van der Waals surface area contributed by atoms with Gasteiger partial charge in [-0.1, -0.05) is 23.2 Å². The fourth-order valence-electron chi connectivity index (χ4n) is 3.94. The molecule has 2 aromatic carbocycles. The number of rotatable bonds is 6. The molecule has 0 spiro atoms. The Hall–Kier alpha value is -1.36. The molecule has 4 rings (SSSR count). The molecule has 2 fully saturated rings. The van der Waals surface area contributed by atoms with Gasteiger partial charge in [0.25, 0.3) is 5.91 Å². The molecule has 11 heteroatoms. The molecule has 2 aliphatic heterocycles. The minimum atomic E-state index is -3.65. The molecule has 0 saturated carbocycles. The molecule has 7 nitrogen and oxygen atoms in total. The van der Waals surface area contributed by atoms with Crippen LogP contribution in [0.5, 0.6) is 5.75 Å². The van der Waals surface area contributed by atoms with E-state index in [1.807, 2.05) is 0 Å². The summed E-state index contributed by atoms with van der Waals surface area (Å²) in [5.74, 6) is 0.373. The Labute approximate surface area is 211 Å². The van der Waals surface area contributed by atoms with Crippen LogP contribution in [0.1, 0.15) is 29.6 Å². The molecule has 0 aromatic heterocycles. The second-order valence-electron chi connectivity index (χ2n) is 8.11. The summed E-state index contributed by atoms with van der Waals surface area (Å²) in [6.45, 7) is 2.33. The van der Waals surface area contributed by atoms with Crippen LogP contribution >= 0.6 is 39.1 Å². The van der Waals surface area contributed by atoms with Crippen molar-refractivity contribution in [2.45, 2.75) is 36.3 Å². The number of nitrogens with zero attached hydrogens (tertiary/aromatic N) is 1. The highest BCUT2D eigenvalue weighted by Gasteiger charge is 2.31. The summed E-state index contributed by atoms with van der Waals surface area (Å²) in [7, 11) is -3.65. The lowest BCUT2D eigenvalue weighted by molar-refractivity contribution is 0.0924. The van der Waals surface area contributed by atoms with E-state index < -0.39 is 10.0 Å². The van der Waals surface area contributed by atoms with E-state index in [9.17, 15) is 13.2 Å². The van der Waals surface area contributed by atoms with Crippen molar-refractivity contribution in [2.24, 2.45) is 0 Å². The first kappa shape index (κ1) is 24.8. The van der Waals surface area contributed by atoms with E-state index in [0.717, 1.165) is 19.5 Å². The highest BCUT2D eigenvalue weighted by molar-refractivity contribution is 9.10. The van der Waals surface area contributed by atoms with Gasteiger partial charge in [0.1, 0.15) is 11.9 Å². The Bertz CT molecular complexity index is 1130. The lowest BCUT2D eigenvalue weighted by atomic mass is 10.1. The van der Waals surface area contributed by atoms with Crippen LogP contribution in [0.15, 0.2) is 45.8 Å². The highest BCUT2D eigenvalue weighted by atomic mass is 79.9. The first-order valence-corrected chi connectivity index (χ1v) is 13.7. The van der Waals surface area contributed by atoms with Gasteiger partial charge in [0.05, 0.1) is 19.4 Å². The normalized spacial score (nSPS) is 20.0. The number of nitrogens with one attached hydrogen (secondary N) is 2. The van der Waals surface area contributed by atoms with E-state index in [1.54, 1.807) is 30.3 Å². The topological polar surface area (TPSA) is 87.7 Å². The maximum atomic E-state index is 13.2. The van der Waals surface area contributed by atoms with Crippen LogP contribution in [0.25, 0.3) is 0 Å². The Balaban J connectivity index is 1.36. The molecule has 1 unspecified atom stereocenters. The van der Waals surface area contributed by atoms with Gasteiger partial charge in [0, 0.05) is 31.2 Å². The van der Waals surface area contributed by atoms with Gasteiger partial charge in [-0.2, -0.15) is 4.31 Å². The molecule has 2 N–H and O–H groups in total. The highest BCUT2D eigenvalue weighted by Crippen LogP contribution is 2.31. The Morgan fingerprint density at radius 2 is 1.85 bits per heavy atom. The van der Waals surface area contributed by atoms with Crippen LogP contribution < -0.4 is 15.4 Å². The monoisotopic (exact) mass is 575 g/mol. The van der Waals surface area contributed by atoms with Crippen molar-refractivity contribution in [3.63, 3.8) is 0 Å². The number of piperidine rings is 1. The Kier molecular flexibility index (Phi) is 7.87. The van der Waals surface area contributed by atoms with Crippen molar-refractivity contribution >= 4 is 55.1 Å². The molecular formula is C22H24BrCl2N3O4S. The zero-order chi connectivity index (χ0) is 23.6. The van der Waals surface area contributed by atoms with Crippen LogP contribution in [0.4, 0.5) is 0 Å². The van der Waals surface area contributed by atoms with Gasteiger partial charge in [-0.15, -0.1) is 0 Å². The third-order valence-corrected chi connectivity index (χ3v) is 9.07. The number of ether oxygens (including phenoxy) is 1. The first-order chi connectivity index (χ1) is 15.7. The molecular weight excluding hydrogens is 553 g/mol. The first-order valence-electron chi connectivity index (χ1n) is 10.7. The summed E-state index contributed by atoms with van der Waals surface area (Å²) in [4.78, 5) is 12.7. The lowest BCUT2D eigenvalue weighted by Gasteiger charge is -2.31. The fraction of sp³-hybridized carbons (Fsp3) is 0.409. The summed E-state index contributed by atoms with van der Waals surface area (Å²) in [6.07, 6.45) is 2.04. The van der Waals surface area contributed by atoms with Gasteiger partial charge in [-0.05, 0) is 78.1 Å². The number of carbonyl (C=O) groups is 1. The van der Waals surface area contributed by atoms with Crippen molar-refractivity contribution in [1.29, 1.82) is 0 Å². The second kappa shape index (κ2) is 10.5. The van der Waals surface area contributed by atoms with Gasteiger partial charge in [0.2, 0.25) is 10.0 Å². The minimum absolute atomic E-state index is 0.0851. The zero-order valence-electron chi connectivity index (χ0n) is 17.7. The molecule has 33 heavy (non-hydrogen) atoms. The molecule has 0 bridgehead atoms. The van der Waals surface area contributed by atoms with Gasteiger partial charge in [0.15, 0.2) is 0 Å². The maximum absolute atomic E-state index is 13.2. The predicted octanol–water partition coefficient (Wildman–Crippen LogP) is 4.08. The molecule has 2 heterocycles. The van der Waals surface area contributed by atoms with Crippen LogP contribution in [0, 0.1) is 0 Å². The van der Waals surface area contributed by atoms with Gasteiger partial charge in [-0.25, -0.2) is 8.42 Å². The van der Waals surface area contributed by atoms with Crippen LogP contribution in [0.2, 0.25) is 10.0 Å². The van der Waals surface area contributed by atoms with Crippen LogP contribution in [-0.4, -0.2) is 57.0 Å². The zero-order valence-corrected chi connectivity index (χ0v) is 21.6. The Morgan fingerprint density at radius 1 is 1.09 bits per heavy atom. The maximum Gasteiger partial charge on any atom is 0.251 e. The SMILES string of the molecule is O=C(NC1CCN(S(=O)(=O)c2ccc(OC3CCNC3)c(Br)c2)CC1)c1ccc(Cl)c(Cl)c1. The summed E-state index contributed by atoms with van der Waals surface area (Å²) in [5, 5.41) is 6.89. The summed E-state index contributed by atoms with van der Waals surface area (Å²) < 4.78 is 34.3. The third-order valence-electron chi connectivity index (χ3n) is 5.82. The molecule has 2 aromatic rings. The van der Waals surface area contributed by atoms with E-state index >= 15 is 0 Å². The number of benzene rings is 2. The van der Waals surface area contributed by atoms with Crippen LogP contribution in [0.3, 0.4) is 0 Å². The Morgan fingerprint density at radius 3 is 2.48 bits per heavy atom. The standard InChI is InChI=1S/C22H24BrCl2N3O4S/c23-18-12-17(2-4-21(18)32-16-5-8-26-13-16)33(30,31)28-9-6-15(7-10-28)27-22(29)14-1-3-19(24)20(25)11-14/h1-4,11-12,15-16,26H,5-10,13H2,(H,27,29). The number of hydrogen-bond acceptors (Lipinski definition) is 5. The van der Waals surface area contributed by atoms with E-state index in [-0.39, 0.29) is 22.9 Å². The quantitative estimate of drug-likeness (QED) is 0.541. The molecule has 178 valence electrons. The van der Waals surface area contributed by atoms with Crippen molar-refractivity contribution in [3.05, 3.63) is 56.5 Å². The van der Waals surface area contributed by atoms with Crippen molar-refractivity contribution in [2.75, 3.05) is 26.2 Å². The van der Waals surface area contributed by atoms with Gasteiger partial charge < -0.3 is 15.4 Å². The van der Waals surface area contributed by atoms with Gasteiger partial charge >= 0.3 is 0 Å². The summed E-state index contributed by atoms with van der Waals surface area (Å²) in [6, 6.07) is 9.44. The lowest BCUT2D eigenvalue weighted by Crippen LogP contribution is -2.46. The smallest absolute Gasteiger partial charge is 0.251 e. The van der Waals surface area contributed by atoms with E-state index in [2.05, 4.69) is 26.6 Å². The summed E-state index contributed by atoms with van der Waals surface area (Å²) in [5.41, 5.74) is 0.417. The number of sulfonamides is 1. The van der Waals surface area contributed by atoms with E-state index in [1.165, 1.54) is 10.4 Å². The average molecular weight is 577 g/mol. The van der Waals surface area contributed by atoms with E-state index in [0.29, 0.717) is 51.8 Å². The van der Waals surface area contributed by atoms with E-state index in [4.69, 9.17) is 27.9 Å². The van der Waals surface area contributed by atoms with Crippen LogP contribution in [-0.2, 0) is 10.0 Å². The summed E-state index contributed by atoms with van der Waals surface area (Å²) >= 11 is 15.3. The largest absolute Gasteiger partial charge is 0.488 e. The second-order valence-corrected chi connectivity index (χ2v) is 11.7.